The number of halogens is 2. The summed E-state index contributed by atoms with van der Waals surface area (Å²) in [6.45, 7) is 5.35. The standard InChI is InChI=1S/C20H25N5O.2ClH/c1-14(2)25-19-17(13-23-25)16(20(26)22-11-7-6-10-21)12-18(24-19)15-8-4-3-5-9-15;;/h3-5,8-9,12-14H,6-7,10-11,21H2,1-2H3,(H,22,26);2*1H. The van der Waals surface area contributed by atoms with E-state index in [-0.39, 0.29) is 36.8 Å². The first-order valence-corrected chi connectivity index (χ1v) is 9.03. The molecule has 1 amide bonds. The molecule has 0 aliphatic carbocycles. The summed E-state index contributed by atoms with van der Waals surface area (Å²) in [7, 11) is 0. The van der Waals surface area contributed by atoms with Gasteiger partial charge < -0.3 is 11.1 Å². The monoisotopic (exact) mass is 423 g/mol. The predicted octanol–water partition coefficient (Wildman–Crippen LogP) is 3.99. The molecular formula is C20H27Cl2N5O. The predicted molar refractivity (Wildman–Crippen MR) is 118 cm³/mol. The number of carbonyl (C=O) groups excluding carboxylic acids is 1. The first kappa shape index (κ1) is 23.9. The Bertz CT molecular complexity index is 896. The van der Waals surface area contributed by atoms with Crippen LogP contribution in [-0.4, -0.2) is 33.8 Å². The molecule has 0 unspecified atom stereocenters. The van der Waals surface area contributed by atoms with Crippen LogP contribution in [0.2, 0.25) is 0 Å². The molecule has 0 atom stereocenters. The molecule has 152 valence electrons. The minimum Gasteiger partial charge on any atom is -0.352 e. The molecule has 2 heterocycles. The van der Waals surface area contributed by atoms with Crippen molar-refractivity contribution in [2.45, 2.75) is 32.7 Å². The number of aromatic nitrogens is 3. The van der Waals surface area contributed by atoms with E-state index >= 15 is 0 Å². The van der Waals surface area contributed by atoms with Gasteiger partial charge in [-0.05, 0) is 39.3 Å². The van der Waals surface area contributed by atoms with E-state index in [9.17, 15) is 4.79 Å². The van der Waals surface area contributed by atoms with Crippen molar-refractivity contribution < 1.29 is 4.79 Å². The van der Waals surface area contributed by atoms with Crippen molar-refractivity contribution in [3.05, 3.63) is 48.2 Å². The molecule has 3 rings (SSSR count). The summed E-state index contributed by atoms with van der Waals surface area (Å²) in [5.74, 6) is -0.102. The summed E-state index contributed by atoms with van der Waals surface area (Å²) in [6.07, 6.45) is 3.49. The van der Waals surface area contributed by atoms with Gasteiger partial charge in [0.1, 0.15) is 0 Å². The van der Waals surface area contributed by atoms with E-state index in [1.165, 1.54) is 0 Å². The van der Waals surface area contributed by atoms with Crippen LogP contribution in [0.25, 0.3) is 22.3 Å². The van der Waals surface area contributed by atoms with Gasteiger partial charge in [-0.2, -0.15) is 5.10 Å². The van der Waals surface area contributed by atoms with Crippen LogP contribution in [0.3, 0.4) is 0 Å². The lowest BCUT2D eigenvalue weighted by Gasteiger charge is -2.11. The van der Waals surface area contributed by atoms with Crippen LogP contribution in [0, 0.1) is 0 Å². The van der Waals surface area contributed by atoms with Crippen LogP contribution < -0.4 is 11.1 Å². The van der Waals surface area contributed by atoms with Crippen molar-refractivity contribution in [2.75, 3.05) is 13.1 Å². The van der Waals surface area contributed by atoms with Crippen molar-refractivity contribution in [3.8, 4) is 11.3 Å². The third kappa shape index (κ3) is 5.22. The molecule has 0 spiro atoms. The van der Waals surface area contributed by atoms with Gasteiger partial charge in [-0.25, -0.2) is 9.67 Å². The maximum Gasteiger partial charge on any atom is 0.252 e. The van der Waals surface area contributed by atoms with Crippen molar-refractivity contribution >= 4 is 41.8 Å². The highest BCUT2D eigenvalue weighted by atomic mass is 35.5. The number of hydrogen-bond acceptors (Lipinski definition) is 4. The first-order chi connectivity index (χ1) is 12.6. The van der Waals surface area contributed by atoms with E-state index in [4.69, 9.17) is 10.7 Å². The number of nitrogens with two attached hydrogens (primary N) is 1. The maximum absolute atomic E-state index is 12.8. The van der Waals surface area contributed by atoms with Gasteiger partial charge in [0.25, 0.3) is 5.91 Å². The number of nitrogens with zero attached hydrogens (tertiary/aromatic N) is 3. The molecule has 0 fully saturated rings. The number of benzene rings is 1. The Morgan fingerprint density at radius 2 is 1.89 bits per heavy atom. The van der Waals surface area contributed by atoms with Crippen LogP contribution in [0.15, 0.2) is 42.6 Å². The van der Waals surface area contributed by atoms with Gasteiger partial charge in [-0.1, -0.05) is 30.3 Å². The zero-order valence-electron chi connectivity index (χ0n) is 16.1. The Kier molecular flexibility index (Phi) is 9.38. The van der Waals surface area contributed by atoms with Gasteiger partial charge in [-0.3, -0.25) is 4.79 Å². The van der Waals surface area contributed by atoms with Gasteiger partial charge in [0.15, 0.2) is 5.65 Å². The molecule has 0 bridgehead atoms. The molecular weight excluding hydrogens is 397 g/mol. The average Bonchev–Trinajstić information content (AvgIpc) is 3.09. The molecule has 1 aromatic carbocycles. The van der Waals surface area contributed by atoms with E-state index in [0.29, 0.717) is 18.7 Å². The van der Waals surface area contributed by atoms with E-state index in [1.807, 2.05) is 41.1 Å². The number of rotatable bonds is 7. The second-order valence-corrected chi connectivity index (χ2v) is 6.59. The topological polar surface area (TPSA) is 85.8 Å². The Balaban J connectivity index is 0.00000196. The van der Waals surface area contributed by atoms with Gasteiger partial charge in [-0.15, -0.1) is 24.8 Å². The van der Waals surface area contributed by atoms with E-state index in [0.717, 1.165) is 35.1 Å². The van der Waals surface area contributed by atoms with Crippen molar-refractivity contribution in [1.29, 1.82) is 0 Å². The van der Waals surface area contributed by atoms with E-state index < -0.39 is 0 Å². The van der Waals surface area contributed by atoms with Gasteiger partial charge in [0.2, 0.25) is 0 Å². The fraction of sp³-hybridized carbons (Fsp3) is 0.350. The van der Waals surface area contributed by atoms with Gasteiger partial charge >= 0.3 is 0 Å². The largest absolute Gasteiger partial charge is 0.352 e. The summed E-state index contributed by atoms with van der Waals surface area (Å²) >= 11 is 0. The maximum atomic E-state index is 12.8. The summed E-state index contributed by atoms with van der Waals surface area (Å²) in [4.78, 5) is 17.6. The third-order valence-electron chi connectivity index (χ3n) is 4.29. The number of carbonyl (C=O) groups is 1. The van der Waals surface area contributed by atoms with Crippen LogP contribution in [0.4, 0.5) is 0 Å². The fourth-order valence-corrected chi connectivity index (χ4v) is 2.91. The fourth-order valence-electron chi connectivity index (χ4n) is 2.91. The molecule has 6 nitrogen and oxygen atoms in total. The number of unbranched alkanes of at least 4 members (excludes halogenated alkanes) is 1. The SMILES string of the molecule is CC(C)n1ncc2c(C(=O)NCCCCN)cc(-c3ccccc3)nc21.Cl.Cl. The molecule has 0 aliphatic rings. The Morgan fingerprint density at radius 1 is 1.18 bits per heavy atom. The van der Waals surface area contributed by atoms with E-state index in [1.54, 1.807) is 6.20 Å². The second kappa shape index (κ2) is 11.0. The molecule has 0 aliphatic heterocycles. The molecule has 2 aromatic heterocycles. The lowest BCUT2D eigenvalue weighted by molar-refractivity contribution is 0.0954. The molecule has 0 saturated carbocycles. The van der Waals surface area contributed by atoms with Crippen molar-refractivity contribution in [3.63, 3.8) is 0 Å². The summed E-state index contributed by atoms with van der Waals surface area (Å²) < 4.78 is 1.85. The molecule has 3 aromatic rings. The highest BCUT2D eigenvalue weighted by Crippen LogP contribution is 2.26. The number of pyridine rings is 1. The normalized spacial score (nSPS) is 10.4. The number of nitrogens with one attached hydrogen (secondary N) is 1. The van der Waals surface area contributed by atoms with Crippen LogP contribution in [0.1, 0.15) is 43.1 Å². The van der Waals surface area contributed by atoms with Crippen LogP contribution >= 0.6 is 24.8 Å². The minimum atomic E-state index is -0.102. The second-order valence-electron chi connectivity index (χ2n) is 6.59. The summed E-state index contributed by atoms with van der Waals surface area (Å²) in [6, 6.07) is 11.9. The number of hydrogen-bond donors (Lipinski definition) is 2. The Hall–Kier alpha value is -2.15. The molecule has 0 radical (unpaired) electrons. The highest BCUT2D eigenvalue weighted by Gasteiger charge is 2.18. The smallest absolute Gasteiger partial charge is 0.252 e. The Labute approximate surface area is 177 Å². The molecule has 8 heteroatoms. The molecule has 28 heavy (non-hydrogen) atoms. The Morgan fingerprint density at radius 3 is 2.54 bits per heavy atom. The zero-order valence-corrected chi connectivity index (χ0v) is 17.7. The van der Waals surface area contributed by atoms with E-state index in [2.05, 4.69) is 24.3 Å². The number of fused-ring (bicyclic) bond motifs is 1. The van der Waals surface area contributed by atoms with Gasteiger partial charge in [0.05, 0.1) is 22.8 Å². The third-order valence-corrected chi connectivity index (χ3v) is 4.29. The summed E-state index contributed by atoms with van der Waals surface area (Å²) in [5, 5.41) is 8.20. The lowest BCUT2D eigenvalue weighted by atomic mass is 10.1. The zero-order chi connectivity index (χ0) is 18.5. The minimum absolute atomic E-state index is 0. The number of amides is 1. The van der Waals surface area contributed by atoms with Crippen molar-refractivity contribution in [1.82, 2.24) is 20.1 Å². The first-order valence-electron chi connectivity index (χ1n) is 9.03. The summed E-state index contributed by atoms with van der Waals surface area (Å²) in [5.41, 5.74) is 8.60. The highest BCUT2D eigenvalue weighted by molar-refractivity contribution is 6.06. The molecule has 0 saturated heterocycles. The quantitative estimate of drug-likeness (QED) is 0.562. The average molecular weight is 424 g/mol. The van der Waals surface area contributed by atoms with Crippen LogP contribution in [-0.2, 0) is 0 Å². The van der Waals surface area contributed by atoms with Gasteiger partial charge in [0, 0.05) is 18.2 Å². The lowest BCUT2D eigenvalue weighted by Crippen LogP contribution is -2.25. The van der Waals surface area contributed by atoms with Crippen LogP contribution in [0.5, 0.6) is 0 Å². The van der Waals surface area contributed by atoms with Crippen molar-refractivity contribution in [2.24, 2.45) is 5.73 Å². The molecule has 3 N–H and O–H groups in total.